The maximum absolute atomic E-state index is 13.3. The molecule has 0 bridgehead atoms. The van der Waals surface area contributed by atoms with Crippen LogP contribution in [0.5, 0.6) is 0 Å². The molecule has 0 saturated heterocycles. The van der Waals surface area contributed by atoms with Crippen LogP contribution in [0.2, 0.25) is 0 Å². The van der Waals surface area contributed by atoms with Gasteiger partial charge in [0.05, 0.1) is 10.4 Å². The van der Waals surface area contributed by atoms with E-state index in [1.165, 1.54) is 4.52 Å². The molecule has 1 N–H and O–H groups in total. The van der Waals surface area contributed by atoms with Gasteiger partial charge in [-0.3, -0.25) is 0 Å². The minimum Gasteiger partial charge on any atom is -0.339 e. The highest BCUT2D eigenvalue weighted by Crippen LogP contribution is 2.30. The van der Waals surface area contributed by atoms with Crippen molar-refractivity contribution in [1.82, 2.24) is 19.8 Å². The van der Waals surface area contributed by atoms with Gasteiger partial charge in [-0.25, -0.2) is 13.4 Å². The molecule has 7 nitrogen and oxygen atoms in total. The van der Waals surface area contributed by atoms with Gasteiger partial charge in [-0.05, 0) is 62.2 Å². The van der Waals surface area contributed by atoms with Crippen molar-refractivity contribution in [2.24, 2.45) is 0 Å². The Kier molecular flexibility index (Phi) is 4.67. The lowest BCUT2D eigenvalue weighted by atomic mass is 10.1. The van der Waals surface area contributed by atoms with E-state index in [0.29, 0.717) is 11.3 Å². The van der Waals surface area contributed by atoms with Crippen LogP contribution in [0, 0.1) is 20.8 Å². The van der Waals surface area contributed by atoms with E-state index in [-0.39, 0.29) is 15.6 Å². The number of anilines is 2. The second kappa shape index (κ2) is 7.42. The summed E-state index contributed by atoms with van der Waals surface area (Å²) in [5.41, 5.74) is 5.01. The van der Waals surface area contributed by atoms with Crippen molar-refractivity contribution in [2.75, 3.05) is 5.32 Å². The molecule has 2 heterocycles. The van der Waals surface area contributed by atoms with Crippen LogP contribution in [0.3, 0.4) is 0 Å². The summed E-state index contributed by atoms with van der Waals surface area (Å²) in [4.78, 5) is 4.84. The van der Waals surface area contributed by atoms with E-state index in [9.17, 15) is 8.42 Å². The second-order valence-corrected chi connectivity index (χ2v) is 9.66. The number of fused-ring (bicyclic) bond motifs is 3. The van der Waals surface area contributed by atoms with Crippen molar-refractivity contribution in [1.29, 1.82) is 0 Å². The van der Waals surface area contributed by atoms with Gasteiger partial charge in [0, 0.05) is 11.1 Å². The van der Waals surface area contributed by atoms with Crippen molar-refractivity contribution < 1.29 is 8.42 Å². The normalized spacial score (nSPS) is 11.8. The number of nitrogens with one attached hydrogen (secondary N) is 1. The molecular weight excluding hydrogens is 422 g/mol. The largest absolute Gasteiger partial charge is 0.339 e. The third-order valence-electron chi connectivity index (χ3n) is 5.67. The van der Waals surface area contributed by atoms with Gasteiger partial charge in [0.25, 0.3) is 0 Å². The summed E-state index contributed by atoms with van der Waals surface area (Å²) in [6, 6.07) is 20.2. The number of aryl methyl sites for hydroxylation is 2. The number of benzene rings is 3. The van der Waals surface area contributed by atoms with Gasteiger partial charge in [-0.1, -0.05) is 47.2 Å². The predicted molar refractivity (Wildman–Crippen MR) is 124 cm³/mol. The Bertz CT molecular complexity index is 1590. The zero-order valence-corrected chi connectivity index (χ0v) is 18.7. The van der Waals surface area contributed by atoms with E-state index < -0.39 is 9.84 Å². The molecule has 5 aromatic rings. The molecular formula is C24H21N5O2S. The summed E-state index contributed by atoms with van der Waals surface area (Å²) >= 11 is 0. The first kappa shape index (κ1) is 20.1. The Morgan fingerprint density at radius 1 is 0.875 bits per heavy atom. The van der Waals surface area contributed by atoms with E-state index in [4.69, 9.17) is 0 Å². The molecule has 0 fully saturated rings. The highest BCUT2D eigenvalue weighted by atomic mass is 32.2. The van der Waals surface area contributed by atoms with Crippen molar-refractivity contribution in [3.8, 4) is 0 Å². The summed E-state index contributed by atoms with van der Waals surface area (Å²) in [5, 5.41) is 12.2. The first-order chi connectivity index (χ1) is 15.4. The molecule has 5 rings (SSSR count). The fraction of sp³-hybridized carbons (Fsp3) is 0.125. The van der Waals surface area contributed by atoms with Crippen LogP contribution < -0.4 is 5.32 Å². The van der Waals surface area contributed by atoms with Crippen LogP contribution in [0.15, 0.2) is 76.7 Å². The Balaban J connectivity index is 1.75. The number of sulfone groups is 1. The second-order valence-electron chi connectivity index (χ2n) is 7.80. The predicted octanol–water partition coefficient (Wildman–Crippen LogP) is 4.78. The fourth-order valence-electron chi connectivity index (χ4n) is 3.66. The third-order valence-corrected chi connectivity index (χ3v) is 7.33. The first-order valence-corrected chi connectivity index (χ1v) is 11.6. The van der Waals surface area contributed by atoms with Gasteiger partial charge in [-0.2, -0.15) is 4.52 Å². The number of hydrogen-bond donors (Lipinski definition) is 1. The Morgan fingerprint density at radius 2 is 1.62 bits per heavy atom. The highest BCUT2D eigenvalue weighted by molar-refractivity contribution is 7.91. The van der Waals surface area contributed by atoms with E-state index in [1.54, 1.807) is 24.3 Å². The minimum absolute atomic E-state index is 0.157. The van der Waals surface area contributed by atoms with Crippen molar-refractivity contribution >= 4 is 37.9 Å². The molecule has 32 heavy (non-hydrogen) atoms. The van der Waals surface area contributed by atoms with Gasteiger partial charge in [0.15, 0.2) is 5.65 Å². The molecule has 0 atom stereocenters. The molecule has 0 amide bonds. The molecule has 0 aliphatic carbocycles. The van der Waals surface area contributed by atoms with E-state index in [1.807, 2.05) is 63.2 Å². The quantitative estimate of drug-likeness (QED) is 0.430. The summed E-state index contributed by atoms with van der Waals surface area (Å²) in [5.74, 6) is 0.546. The molecule has 160 valence electrons. The van der Waals surface area contributed by atoms with Crippen molar-refractivity contribution in [2.45, 2.75) is 30.7 Å². The van der Waals surface area contributed by atoms with E-state index in [0.717, 1.165) is 27.8 Å². The van der Waals surface area contributed by atoms with Crippen LogP contribution in [-0.4, -0.2) is 28.2 Å². The summed E-state index contributed by atoms with van der Waals surface area (Å²) in [6.07, 6.45) is 0. The maximum atomic E-state index is 13.3. The van der Waals surface area contributed by atoms with Crippen molar-refractivity contribution in [3.63, 3.8) is 0 Å². The topological polar surface area (TPSA) is 89.2 Å². The van der Waals surface area contributed by atoms with Crippen molar-refractivity contribution in [3.05, 3.63) is 83.4 Å². The summed E-state index contributed by atoms with van der Waals surface area (Å²) in [7, 11) is -3.90. The number of rotatable bonds is 4. The van der Waals surface area contributed by atoms with Crippen LogP contribution >= 0.6 is 0 Å². The van der Waals surface area contributed by atoms with Gasteiger partial charge in [-0.15, -0.1) is 5.10 Å². The smallest absolute Gasteiger partial charge is 0.229 e. The van der Waals surface area contributed by atoms with Crippen LogP contribution in [0.4, 0.5) is 11.5 Å². The molecule has 8 heteroatoms. The van der Waals surface area contributed by atoms with Gasteiger partial charge in [0.1, 0.15) is 5.82 Å². The third kappa shape index (κ3) is 3.20. The zero-order chi connectivity index (χ0) is 22.5. The Morgan fingerprint density at radius 3 is 2.41 bits per heavy atom. The van der Waals surface area contributed by atoms with Crippen LogP contribution in [-0.2, 0) is 9.84 Å². The van der Waals surface area contributed by atoms with Gasteiger partial charge < -0.3 is 5.32 Å². The Hall–Kier alpha value is -3.78. The Labute approximate surface area is 185 Å². The summed E-state index contributed by atoms with van der Waals surface area (Å²) < 4.78 is 28.2. The number of para-hydroxylation sites is 1. The maximum Gasteiger partial charge on any atom is 0.229 e. The number of hydrogen-bond acceptors (Lipinski definition) is 6. The average Bonchev–Trinajstić information content (AvgIpc) is 3.22. The molecule has 0 radical (unpaired) electrons. The molecule has 0 aliphatic heterocycles. The highest BCUT2D eigenvalue weighted by Gasteiger charge is 2.27. The van der Waals surface area contributed by atoms with Gasteiger partial charge in [0.2, 0.25) is 14.9 Å². The lowest BCUT2D eigenvalue weighted by Crippen LogP contribution is -2.06. The van der Waals surface area contributed by atoms with Gasteiger partial charge >= 0.3 is 0 Å². The lowest BCUT2D eigenvalue weighted by Gasteiger charge is -2.13. The summed E-state index contributed by atoms with van der Waals surface area (Å²) in [6.45, 7) is 5.98. The molecule has 0 saturated carbocycles. The number of aromatic nitrogens is 4. The molecule has 0 unspecified atom stereocenters. The first-order valence-electron chi connectivity index (χ1n) is 10.2. The minimum atomic E-state index is -3.90. The monoisotopic (exact) mass is 443 g/mol. The van der Waals surface area contributed by atoms with E-state index in [2.05, 4.69) is 20.6 Å². The standard InChI is InChI=1S/C24H21N5O2S/c1-15-11-13-18(14-12-15)32(30,31)24-23-26-22(25-20-9-6-7-16(2)17(20)3)19-8-4-5-10-21(19)29(23)28-27-24/h4-14H,1-3H3,(H,25,26). The van der Waals surface area contributed by atoms with E-state index >= 15 is 0 Å². The average molecular weight is 444 g/mol. The number of nitrogens with zero attached hydrogens (tertiary/aromatic N) is 4. The lowest BCUT2D eigenvalue weighted by molar-refractivity contribution is 0.592. The zero-order valence-electron chi connectivity index (χ0n) is 17.9. The van der Waals surface area contributed by atoms with Crippen LogP contribution in [0.25, 0.3) is 16.6 Å². The molecule has 0 aliphatic rings. The molecule has 3 aromatic carbocycles. The molecule has 2 aromatic heterocycles. The molecule has 0 spiro atoms. The SMILES string of the molecule is Cc1ccc(S(=O)(=O)c2nnn3c2nc(Nc2cccc(C)c2C)c2ccccc23)cc1. The van der Waals surface area contributed by atoms with Crippen LogP contribution in [0.1, 0.15) is 16.7 Å². The fourth-order valence-corrected chi connectivity index (χ4v) is 4.89.